The fourth-order valence-corrected chi connectivity index (χ4v) is 1.73. The van der Waals surface area contributed by atoms with Gasteiger partial charge in [-0.25, -0.2) is 4.98 Å². The minimum atomic E-state index is 0.153. The SMILES string of the molecule is CCC(Cl)CNc1nc2ccccc2n1C. The summed E-state index contributed by atoms with van der Waals surface area (Å²) >= 11 is 6.07. The Kier molecular flexibility index (Phi) is 3.34. The Bertz CT molecular complexity index is 478. The van der Waals surface area contributed by atoms with Crippen LogP contribution < -0.4 is 5.32 Å². The number of fused-ring (bicyclic) bond motifs is 1. The van der Waals surface area contributed by atoms with Crippen LogP contribution in [0.15, 0.2) is 24.3 Å². The summed E-state index contributed by atoms with van der Waals surface area (Å²) in [5.41, 5.74) is 2.14. The normalized spacial score (nSPS) is 12.9. The van der Waals surface area contributed by atoms with E-state index < -0.39 is 0 Å². The van der Waals surface area contributed by atoms with Crippen LogP contribution in [0.4, 0.5) is 5.95 Å². The van der Waals surface area contributed by atoms with Crippen molar-refractivity contribution in [3.63, 3.8) is 0 Å². The van der Waals surface area contributed by atoms with Crippen LogP contribution in [0.1, 0.15) is 13.3 Å². The molecule has 16 heavy (non-hydrogen) atoms. The topological polar surface area (TPSA) is 29.9 Å². The molecule has 2 aromatic rings. The van der Waals surface area contributed by atoms with Crippen LogP contribution in [-0.4, -0.2) is 21.5 Å². The second kappa shape index (κ2) is 4.74. The third-order valence-corrected chi connectivity index (χ3v) is 3.17. The van der Waals surface area contributed by atoms with Crippen molar-refractivity contribution in [2.75, 3.05) is 11.9 Å². The van der Waals surface area contributed by atoms with Gasteiger partial charge in [-0.15, -0.1) is 11.6 Å². The molecule has 1 atom stereocenters. The molecule has 0 fully saturated rings. The molecule has 0 aliphatic heterocycles. The van der Waals surface area contributed by atoms with Crippen molar-refractivity contribution in [2.24, 2.45) is 7.05 Å². The predicted molar refractivity (Wildman–Crippen MR) is 69.1 cm³/mol. The molecule has 86 valence electrons. The number of halogens is 1. The lowest BCUT2D eigenvalue weighted by Crippen LogP contribution is -2.15. The first-order valence-electron chi connectivity index (χ1n) is 5.51. The maximum Gasteiger partial charge on any atom is 0.203 e. The second-order valence-electron chi connectivity index (χ2n) is 3.87. The second-order valence-corrected chi connectivity index (χ2v) is 4.49. The summed E-state index contributed by atoms with van der Waals surface area (Å²) in [6.07, 6.45) is 0.957. The lowest BCUT2D eigenvalue weighted by atomic mass is 10.3. The monoisotopic (exact) mass is 237 g/mol. The summed E-state index contributed by atoms with van der Waals surface area (Å²) < 4.78 is 2.05. The Balaban J connectivity index is 2.21. The summed E-state index contributed by atoms with van der Waals surface area (Å²) in [5.74, 6) is 0.875. The van der Waals surface area contributed by atoms with E-state index in [0.29, 0.717) is 0 Å². The molecule has 1 unspecified atom stereocenters. The minimum Gasteiger partial charge on any atom is -0.354 e. The average molecular weight is 238 g/mol. The van der Waals surface area contributed by atoms with Crippen molar-refractivity contribution in [1.82, 2.24) is 9.55 Å². The molecule has 0 saturated heterocycles. The lowest BCUT2D eigenvalue weighted by Gasteiger charge is -2.09. The van der Waals surface area contributed by atoms with E-state index in [4.69, 9.17) is 11.6 Å². The molecule has 1 aromatic heterocycles. The Hall–Kier alpha value is -1.22. The summed E-state index contributed by atoms with van der Waals surface area (Å²) in [6.45, 7) is 2.82. The molecule has 2 rings (SSSR count). The lowest BCUT2D eigenvalue weighted by molar-refractivity contribution is 0.824. The Morgan fingerprint density at radius 2 is 2.19 bits per heavy atom. The molecule has 1 N–H and O–H groups in total. The summed E-state index contributed by atoms with van der Waals surface area (Å²) in [5, 5.41) is 3.43. The standard InChI is InChI=1S/C12H16ClN3/c1-3-9(13)8-14-12-15-10-6-4-5-7-11(10)16(12)2/h4-7,9H,3,8H2,1-2H3,(H,14,15). The van der Waals surface area contributed by atoms with E-state index >= 15 is 0 Å². The molecule has 0 spiro atoms. The Labute approximate surface area is 100 Å². The highest BCUT2D eigenvalue weighted by atomic mass is 35.5. The van der Waals surface area contributed by atoms with E-state index in [-0.39, 0.29) is 5.38 Å². The van der Waals surface area contributed by atoms with E-state index in [2.05, 4.69) is 27.9 Å². The number of para-hydroxylation sites is 2. The summed E-state index contributed by atoms with van der Waals surface area (Å²) in [4.78, 5) is 4.51. The van der Waals surface area contributed by atoms with E-state index in [9.17, 15) is 0 Å². The summed E-state index contributed by atoms with van der Waals surface area (Å²) in [7, 11) is 2.01. The highest BCUT2D eigenvalue weighted by molar-refractivity contribution is 6.20. The number of nitrogens with one attached hydrogen (secondary N) is 1. The highest BCUT2D eigenvalue weighted by Gasteiger charge is 2.07. The first kappa shape index (κ1) is 11.3. The van der Waals surface area contributed by atoms with Gasteiger partial charge in [0.15, 0.2) is 0 Å². The van der Waals surface area contributed by atoms with Crippen LogP contribution in [-0.2, 0) is 7.05 Å². The Morgan fingerprint density at radius 1 is 1.44 bits per heavy atom. The van der Waals surface area contributed by atoms with Crippen molar-refractivity contribution >= 4 is 28.6 Å². The predicted octanol–water partition coefficient (Wildman–Crippen LogP) is 3.00. The number of hydrogen-bond acceptors (Lipinski definition) is 2. The maximum absolute atomic E-state index is 6.07. The number of hydrogen-bond donors (Lipinski definition) is 1. The van der Waals surface area contributed by atoms with Gasteiger partial charge in [-0.2, -0.15) is 0 Å². The van der Waals surface area contributed by atoms with Gasteiger partial charge in [0.25, 0.3) is 0 Å². The zero-order valence-corrected chi connectivity index (χ0v) is 10.3. The molecule has 1 aromatic carbocycles. The number of nitrogens with zero attached hydrogens (tertiary/aromatic N) is 2. The fraction of sp³-hybridized carbons (Fsp3) is 0.417. The molecule has 0 bridgehead atoms. The van der Waals surface area contributed by atoms with Gasteiger partial charge in [0.05, 0.1) is 16.4 Å². The van der Waals surface area contributed by atoms with Crippen molar-refractivity contribution in [1.29, 1.82) is 0 Å². The molecule has 3 nitrogen and oxygen atoms in total. The van der Waals surface area contributed by atoms with E-state index in [1.807, 2.05) is 25.2 Å². The van der Waals surface area contributed by atoms with Crippen molar-refractivity contribution in [3.05, 3.63) is 24.3 Å². The van der Waals surface area contributed by atoms with Gasteiger partial charge in [-0.05, 0) is 18.6 Å². The van der Waals surface area contributed by atoms with Crippen LogP contribution in [0.5, 0.6) is 0 Å². The number of aromatic nitrogens is 2. The third kappa shape index (κ3) is 2.14. The molecule has 4 heteroatoms. The number of benzene rings is 1. The van der Waals surface area contributed by atoms with Gasteiger partial charge in [-0.1, -0.05) is 19.1 Å². The van der Waals surface area contributed by atoms with Crippen LogP contribution >= 0.6 is 11.6 Å². The van der Waals surface area contributed by atoms with Gasteiger partial charge < -0.3 is 9.88 Å². The van der Waals surface area contributed by atoms with Crippen LogP contribution in [0.2, 0.25) is 0 Å². The number of imidazole rings is 1. The molecule has 0 aliphatic rings. The van der Waals surface area contributed by atoms with Crippen LogP contribution in [0.25, 0.3) is 11.0 Å². The number of alkyl halides is 1. The first-order chi connectivity index (χ1) is 7.72. The van der Waals surface area contributed by atoms with E-state index in [1.54, 1.807) is 0 Å². The molecule has 1 heterocycles. The van der Waals surface area contributed by atoms with E-state index in [0.717, 1.165) is 29.9 Å². The van der Waals surface area contributed by atoms with Gasteiger partial charge in [0.2, 0.25) is 5.95 Å². The molecule has 0 saturated carbocycles. The summed E-state index contributed by atoms with van der Waals surface area (Å²) in [6, 6.07) is 8.09. The van der Waals surface area contributed by atoms with Gasteiger partial charge in [-0.3, -0.25) is 0 Å². The smallest absolute Gasteiger partial charge is 0.203 e. The highest BCUT2D eigenvalue weighted by Crippen LogP contribution is 2.17. The molecular formula is C12H16ClN3. The van der Waals surface area contributed by atoms with Crippen molar-refractivity contribution in [2.45, 2.75) is 18.7 Å². The first-order valence-corrected chi connectivity index (χ1v) is 5.95. The van der Waals surface area contributed by atoms with E-state index in [1.165, 1.54) is 0 Å². The molecule has 0 amide bonds. The number of rotatable bonds is 4. The molecular weight excluding hydrogens is 222 g/mol. The fourth-order valence-electron chi connectivity index (χ4n) is 1.65. The van der Waals surface area contributed by atoms with Crippen molar-refractivity contribution < 1.29 is 0 Å². The van der Waals surface area contributed by atoms with Gasteiger partial charge in [0, 0.05) is 13.6 Å². The number of anilines is 1. The maximum atomic E-state index is 6.07. The molecule has 0 radical (unpaired) electrons. The molecule has 0 aliphatic carbocycles. The van der Waals surface area contributed by atoms with Crippen LogP contribution in [0, 0.1) is 0 Å². The minimum absolute atomic E-state index is 0.153. The quantitative estimate of drug-likeness (QED) is 0.829. The zero-order valence-electron chi connectivity index (χ0n) is 9.57. The Morgan fingerprint density at radius 3 is 2.88 bits per heavy atom. The van der Waals surface area contributed by atoms with Crippen LogP contribution in [0.3, 0.4) is 0 Å². The van der Waals surface area contributed by atoms with Crippen molar-refractivity contribution in [3.8, 4) is 0 Å². The third-order valence-electron chi connectivity index (χ3n) is 2.71. The van der Waals surface area contributed by atoms with Gasteiger partial charge >= 0.3 is 0 Å². The largest absolute Gasteiger partial charge is 0.354 e. The number of aryl methyl sites for hydroxylation is 1. The zero-order chi connectivity index (χ0) is 11.5. The average Bonchev–Trinajstić information content (AvgIpc) is 2.64. The van der Waals surface area contributed by atoms with Gasteiger partial charge in [0.1, 0.15) is 0 Å².